The Balaban J connectivity index is 2.45. The van der Waals surface area contributed by atoms with E-state index in [0.29, 0.717) is 29.5 Å². The summed E-state index contributed by atoms with van der Waals surface area (Å²) in [4.78, 5) is 26.5. The number of esters is 1. The number of ether oxygens (including phenoxy) is 1. The Labute approximate surface area is 166 Å². The van der Waals surface area contributed by atoms with Crippen LogP contribution >= 0.6 is 12.2 Å². The van der Waals surface area contributed by atoms with Gasteiger partial charge in [-0.1, -0.05) is 26.0 Å². The molecule has 6 nitrogen and oxygen atoms in total. The minimum Gasteiger partial charge on any atom is -0.463 e. The predicted octanol–water partition coefficient (Wildman–Crippen LogP) is 3.37. The first kappa shape index (κ1) is 20.9. The van der Waals surface area contributed by atoms with Crippen molar-refractivity contribution in [3.63, 3.8) is 0 Å². The lowest BCUT2D eigenvalue weighted by molar-refractivity contribution is -0.139. The molecule has 146 valence electrons. The van der Waals surface area contributed by atoms with E-state index in [-0.39, 0.29) is 17.8 Å². The van der Waals surface area contributed by atoms with Gasteiger partial charge in [0.1, 0.15) is 0 Å². The van der Waals surface area contributed by atoms with Gasteiger partial charge in [0, 0.05) is 23.8 Å². The molecule has 0 unspecified atom stereocenters. The van der Waals surface area contributed by atoms with E-state index in [9.17, 15) is 9.59 Å². The Morgan fingerprint density at radius 2 is 2.04 bits per heavy atom. The number of rotatable bonds is 6. The first-order valence-electron chi connectivity index (χ1n) is 9.16. The van der Waals surface area contributed by atoms with Crippen LogP contribution in [-0.4, -0.2) is 35.0 Å². The van der Waals surface area contributed by atoms with Crippen molar-refractivity contribution < 1.29 is 14.3 Å². The van der Waals surface area contributed by atoms with E-state index in [1.165, 1.54) is 0 Å². The van der Waals surface area contributed by atoms with Gasteiger partial charge in [0.25, 0.3) is 0 Å². The van der Waals surface area contributed by atoms with Crippen LogP contribution in [0.5, 0.6) is 0 Å². The molecule has 2 rings (SSSR count). The summed E-state index contributed by atoms with van der Waals surface area (Å²) in [6.45, 7) is 10.3. The van der Waals surface area contributed by atoms with Crippen molar-refractivity contribution in [3.8, 4) is 0 Å². The number of thiocarbonyl (C=S) groups is 1. The van der Waals surface area contributed by atoms with Gasteiger partial charge in [-0.2, -0.15) is 0 Å². The van der Waals surface area contributed by atoms with Gasteiger partial charge in [0.05, 0.1) is 18.2 Å². The molecule has 1 heterocycles. The molecule has 1 aliphatic rings. The molecule has 0 aliphatic carbocycles. The topological polar surface area (TPSA) is 70.7 Å². The van der Waals surface area contributed by atoms with Crippen molar-refractivity contribution in [1.82, 2.24) is 10.2 Å². The number of amides is 1. The Kier molecular flexibility index (Phi) is 6.96. The summed E-state index contributed by atoms with van der Waals surface area (Å²) in [5.74, 6) is -0.553. The van der Waals surface area contributed by atoms with Crippen LogP contribution in [0, 0.1) is 5.92 Å². The molecular weight excluding hydrogens is 362 g/mol. The lowest BCUT2D eigenvalue weighted by atomic mass is 9.94. The molecule has 0 aromatic heterocycles. The standard InChI is InChI=1S/C20H27N3O3S/c1-6-23-13(5)16(19(25)26-7-2)17(22-20(23)27)14-9-8-10-15(11-14)21-18(24)12(3)4/h8-12,17H,6-7H2,1-5H3,(H,21,24)(H,22,27)/t17-/m0/s1. The normalized spacial score (nSPS) is 17.0. The number of hydrogen-bond donors (Lipinski definition) is 2. The van der Waals surface area contributed by atoms with Crippen molar-refractivity contribution in [2.45, 2.75) is 40.7 Å². The van der Waals surface area contributed by atoms with Gasteiger partial charge < -0.3 is 20.3 Å². The largest absolute Gasteiger partial charge is 0.463 e. The summed E-state index contributed by atoms with van der Waals surface area (Å²) in [6.07, 6.45) is 0. The van der Waals surface area contributed by atoms with Crippen LogP contribution < -0.4 is 10.6 Å². The highest BCUT2D eigenvalue weighted by Gasteiger charge is 2.34. The van der Waals surface area contributed by atoms with Gasteiger partial charge >= 0.3 is 5.97 Å². The fraction of sp³-hybridized carbons (Fsp3) is 0.450. The zero-order chi connectivity index (χ0) is 20.1. The summed E-state index contributed by atoms with van der Waals surface area (Å²) in [6, 6.07) is 6.99. The Morgan fingerprint density at radius 3 is 2.63 bits per heavy atom. The van der Waals surface area contributed by atoms with Crippen molar-refractivity contribution in [1.29, 1.82) is 0 Å². The van der Waals surface area contributed by atoms with Crippen molar-refractivity contribution in [2.75, 3.05) is 18.5 Å². The number of allylic oxidation sites excluding steroid dienone is 1. The summed E-state index contributed by atoms with van der Waals surface area (Å²) in [7, 11) is 0. The Hall–Kier alpha value is -2.41. The van der Waals surface area contributed by atoms with E-state index >= 15 is 0 Å². The summed E-state index contributed by atoms with van der Waals surface area (Å²) < 4.78 is 5.28. The second-order valence-electron chi connectivity index (χ2n) is 6.62. The predicted molar refractivity (Wildman–Crippen MR) is 110 cm³/mol. The highest BCUT2D eigenvalue weighted by molar-refractivity contribution is 7.80. The van der Waals surface area contributed by atoms with Gasteiger partial charge in [0.15, 0.2) is 5.11 Å². The SMILES string of the molecule is CCOC(=O)C1=C(C)N(CC)C(=S)N[C@H]1c1cccc(NC(=O)C(C)C)c1. The van der Waals surface area contributed by atoms with Crippen molar-refractivity contribution in [2.24, 2.45) is 5.92 Å². The van der Waals surface area contributed by atoms with Crippen molar-refractivity contribution in [3.05, 3.63) is 41.1 Å². The highest BCUT2D eigenvalue weighted by atomic mass is 32.1. The molecule has 0 bridgehead atoms. The van der Waals surface area contributed by atoms with Crippen LogP contribution in [0.1, 0.15) is 46.2 Å². The Morgan fingerprint density at radius 1 is 1.33 bits per heavy atom. The molecule has 1 aliphatic heterocycles. The first-order valence-corrected chi connectivity index (χ1v) is 9.57. The monoisotopic (exact) mass is 389 g/mol. The first-order chi connectivity index (χ1) is 12.8. The molecule has 0 saturated heterocycles. The molecular formula is C20H27N3O3S. The number of carbonyl (C=O) groups excluding carboxylic acids is 2. The van der Waals surface area contributed by atoms with E-state index in [0.717, 1.165) is 11.3 Å². The minimum atomic E-state index is -0.435. The molecule has 2 N–H and O–H groups in total. The molecule has 1 amide bonds. The lowest BCUT2D eigenvalue weighted by Crippen LogP contribution is -2.47. The van der Waals surface area contributed by atoms with Crippen LogP contribution in [0.3, 0.4) is 0 Å². The number of anilines is 1. The molecule has 1 atom stereocenters. The third kappa shape index (κ3) is 4.66. The molecule has 0 spiro atoms. The molecule has 1 aromatic carbocycles. The summed E-state index contributed by atoms with van der Waals surface area (Å²) in [5, 5.41) is 6.69. The van der Waals surface area contributed by atoms with E-state index in [4.69, 9.17) is 17.0 Å². The van der Waals surface area contributed by atoms with Crippen LogP contribution in [0.4, 0.5) is 5.69 Å². The van der Waals surface area contributed by atoms with Gasteiger partial charge in [-0.05, 0) is 50.7 Å². The second-order valence-corrected chi connectivity index (χ2v) is 7.00. The fourth-order valence-electron chi connectivity index (χ4n) is 2.97. The van der Waals surface area contributed by atoms with Crippen LogP contribution in [-0.2, 0) is 14.3 Å². The smallest absolute Gasteiger partial charge is 0.338 e. The van der Waals surface area contributed by atoms with Gasteiger partial charge in [0.2, 0.25) is 5.91 Å². The van der Waals surface area contributed by atoms with Crippen LogP contribution in [0.15, 0.2) is 35.5 Å². The van der Waals surface area contributed by atoms with Crippen molar-refractivity contribution >= 4 is 34.9 Å². The molecule has 7 heteroatoms. The molecule has 0 saturated carbocycles. The lowest BCUT2D eigenvalue weighted by Gasteiger charge is -2.37. The third-order valence-electron chi connectivity index (χ3n) is 4.42. The van der Waals surface area contributed by atoms with Gasteiger partial charge in [-0.3, -0.25) is 4.79 Å². The number of nitrogens with zero attached hydrogens (tertiary/aromatic N) is 1. The zero-order valence-corrected chi connectivity index (χ0v) is 17.3. The van der Waals surface area contributed by atoms with E-state index in [1.807, 2.05) is 56.9 Å². The molecule has 0 radical (unpaired) electrons. The average molecular weight is 390 g/mol. The quantitative estimate of drug-likeness (QED) is 0.574. The summed E-state index contributed by atoms with van der Waals surface area (Å²) in [5.41, 5.74) is 2.82. The van der Waals surface area contributed by atoms with E-state index in [2.05, 4.69) is 10.6 Å². The second kappa shape index (κ2) is 8.99. The van der Waals surface area contributed by atoms with E-state index < -0.39 is 6.04 Å². The number of benzene rings is 1. The van der Waals surface area contributed by atoms with Gasteiger partial charge in [-0.15, -0.1) is 0 Å². The maximum atomic E-state index is 12.7. The minimum absolute atomic E-state index is 0.0613. The fourth-order valence-corrected chi connectivity index (χ4v) is 3.35. The average Bonchev–Trinajstić information content (AvgIpc) is 2.61. The molecule has 1 aromatic rings. The highest BCUT2D eigenvalue weighted by Crippen LogP contribution is 2.32. The Bertz CT molecular complexity index is 773. The zero-order valence-electron chi connectivity index (χ0n) is 16.5. The van der Waals surface area contributed by atoms with E-state index in [1.54, 1.807) is 6.92 Å². The maximum Gasteiger partial charge on any atom is 0.338 e. The maximum absolute atomic E-state index is 12.7. The summed E-state index contributed by atoms with van der Waals surface area (Å²) >= 11 is 5.48. The number of nitrogens with one attached hydrogen (secondary N) is 2. The molecule has 0 fully saturated rings. The van der Waals surface area contributed by atoms with Gasteiger partial charge in [-0.25, -0.2) is 4.79 Å². The third-order valence-corrected chi connectivity index (χ3v) is 4.76. The number of hydrogen-bond acceptors (Lipinski definition) is 4. The number of carbonyl (C=O) groups is 2. The van der Waals surface area contributed by atoms with Crippen LogP contribution in [0.25, 0.3) is 0 Å². The van der Waals surface area contributed by atoms with Crippen LogP contribution in [0.2, 0.25) is 0 Å². The molecule has 27 heavy (non-hydrogen) atoms.